The lowest BCUT2D eigenvalue weighted by molar-refractivity contribution is 0.0797. The third kappa shape index (κ3) is 2.77. The molecule has 35 heavy (non-hydrogen) atoms. The van der Waals surface area contributed by atoms with Gasteiger partial charge in [0.15, 0.2) is 0 Å². The van der Waals surface area contributed by atoms with E-state index in [9.17, 15) is 9.59 Å². The molecule has 0 saturated heterocycles. The zero-order valence-corrected chi connectivity index (χ0v) is 22.4. The fourth-order valence-electron chi connectivity index (χ4n) is 7.12. The number of amides is 2. The quantitative estimate of drug-likeness (QED) is 0.349. The Morgan fingerprint density at radius 2 is 1.06 bits per heavy atom. The van der Waals surface area contributed by atoms with E-state index in [1.807, 2.05) is 9.80 Å². The number of carbonyl (C=O) groups excluding carboxylic acids is 2. The average Bonchev–Trinajstić information content (AvgIpc) is 3.59. The third-order valence-corrected chi connectivity index (χ3v) is 10.5. The lowest BCUT2D eigenvalue weighted by Crippen LogP contribution is -2.48. The van der Waals surface area contributed by atoms with E-state index in [-0.39, 0.29) is 23.9 Å². The van der Waals surface area contributed by atoms with Gasteiger partial charge in [-0.15, -0.1) is 11.3 Å². The minimum absolute atomic E-state index is 0.000546. The van der Waals surface area contributed by atoms with E-state index in [0.717, 1.165) is 105 Å². The Bertz CT molecular complexity index is 1410. The third-order valence-electron chi connectivity index (χ3n) is 8.61. The van der Waals surface area contributed by atoms with Gasteiger partial charge in [0, 0.05) is 54.5 Å². The number of fused-ring (bicyclic) bond motifs is 3. The minimum atomic E-state index is 0.000546. The first-order valence-electron chi connectivity index (χ1n) is 12.7. The van der Waals surface area contributed by atoms with Gasteiger partial charge >= 0.3 is 0 Å². The molecule has 2 fully saturated rings. The van der Waals surface area contributed by atoms with Gasteiger partial charge in [0.25, 0.3) is 11.8 Å². The minimum Gasteiger partial charge on any atom is -0.295 e. The summed E-state index contributed by atoms with van der Waals surface area (Å²) in [4.78, 5) is 35.7. The average molecular weight is 519 g/mol. The summed E-state index contributed by atoms with van der Waals surface area (Å²) >= 11 is 13.6. The van der Waals surface area contributed by atoms with Crippen LogP contribution in [0.2, 0.25) is 0 Å². The first kappa shape index (κ1) is 22.0. The summed E-state index contributed by atoms with van der Waals surface area (Å²) in [7, 11) is 0. The molecule has 2 aliphatic heterocycles. The Hall–Kier alpha value is -2.22. The van der Waals surface area contributed by atoms with Gasteiger partial charge in [0.2, 0.25) is 0 Å². The molecule has 3 heterocycles. The van der Waals surface area contributed by atoms with Crippen LogP contribution in [-0.4, -0.2) is 43.7 Å². The highest BCUT2D eigenvalue weighted by molar-refractivity contribution is 7.81. The summed E-state index contributed by atoms with van der Waals surface area (Å²) in [6.45, 7) is 4.15. The topological polar surface area (TPSA) is 40.6 Å². The molecule has 0 unspecified atom stereocenters. The van der Waals surface area contributed by atoms with Crippen molar-refractivity contribution in [2.45, 2.75) is 77.3 Å². The molecule has 0 radical (unpaired) electrons. The molecule has 7 rings (SSSR count). The molecule has 0 N–H and O–H groups in total. The number of carbonyl (C=O) groups is 2. The second kappa shape index (κ2) is 7.64. The van der Waals surface area contributed by atoms with Crippen molar-refractivity contribution in [2.75, 3.05) is 0 Å². The Labute approximate surface area is 219 Å². The van der Waals surface area contributed by atoms with Gasteiger partial charge in [-0.05, 0) is 39.5 Å². The van der Waals surface area contributed by atoms with Crippen LogP contribution < -0.4 is 0 Å². The van der Waals surface area contributed by atoms with E-state index < -0.39 is 0 Å². The summed E-state index contributed by atoms with van der Waals surface area (Å²) < 4.78 is 0. The van der Waals surface area contributed by atoms with Crippen LogP contribution in [0.3, 0.4) is 0 Å². The predicted molar refractivity (Wildman–Crippen MR) is 149 cm³/mol. The second-order valence-electron chi connectivity index (χ2n) is 10.5. The van der Waals surface area contributed by atoms with E-state index in [4.69, 9.17) is 24.4 Å². The van der Waals surface area contributed by atoms with Crippen molar-refractivity contribution in [2.24, 2.45) is 0 Å². The zero-order chi connectivity index (χ0) is 24.2. The van der Waals surface area contributed by atoms with Crippen molar-refractivity contribution in [3.8, 4) is 0 Å². The highest BCUT2D eigenvalue weighted by atomic mass is 32.1. The molecule has 178 valence electrons. The maximum Gasteiger partial charge on any atom is 0.260 e. The number of aryl methyl sites for hydroxylation is 2. The van der Waals surface area contributed by atoms with E-state index in [1.54, 1.807) is 11.3 Å². The SMILES string of the molecule is Cc1sc(C)c2c3c4c(ccc5c4c(c12)C(=O)N(C1CCCC1)C5=S)C(=S)N(C1CCCC1)C3=O. The number of thiophene rings is 1. The molecule has 0 atom stereocenters. The molecule has 4 nitrogen and oxygen atoms in total. The summed E-state index contributed by atoms with van der Waals surface area (Å²) in [5, 5.41) is 3.57. The van der Waals surface area contributed by atoms with Crippen LogP contribution in [0.15, 0.2) is 12.1 Å². The van der Waals surface area contributed by atoms with Gasteiger partial charge in [-0.3, -0.25) is 19.4 Å². The van der Waals surface area contributed by atoms with Gasteiger partial charge in [-0.1, -0.05) is 62.3 Å². The van der Waals surface area contributed by atoms with Crippen molar-refractivity contribution in [3.05, 3.63) is 44.1 Å². The maximum absolute atomic E-state index is 14.3. The molecule has 3 aromatic rings. The molecule has 1 aromatic heterocycles. The molecule has 7 heteroatoms. The van der Waals surface area contributed by atoms with Crippen LogP contribution in [0.5, 0.6) is 0 Å². The fraction of sp³-hybridized carbons (Fsp3) is 0.429. The predicted octanol–water partition coefficient (Wildman–Crippen LogP) is 6.82. The molecular formula is C28H26N2O2S3. The van der Waals surface area contributed by atoms with Crippen LogP contribution in [0.1, 0.15) is 93.0 Å². The van der Waals surface area contributed by atoms with E-state index in [0.29, 0.717) is 9.98 Å². The largest absolute Gasteiger partial charge is 0.295 e. The highest BCUT2D eigenvalue weighted by Gasteiger charge is 2.44. The summed E-state index contributed by atoms with van der Waals surface area (Å²) in [6.07, 6.45) is 8.47. The molecule has 0 bridgehead atoms. The van der Waals surface area contributed by atoms with E-state index in [2.05, 4.69) is 26.0 Å². The van der Waals surface area contributed by atoms with Crippen LogP contribution >= 0.6 is 35.8 Å². The summed E-state index contributed by atoms with van der Waals surface area (Å²) in [5.74, 6) is 0.00109. The number of nitrogens with zero attached hydrogens (tertiary/aromatic N) is 2. The first-order valence-corrected chi connectivity index (χ1v) is 14.3. The van der Waals surface area contributed by atoms with Gasteiger partial charge in [0.05, 0.1) is 11.1 Å². The lowest BCUT2D eigenvalue weighted by atomic mass is 9.81. The van der Waals surface area contributed by atoms with Crippen LogP contribution in [-0.2, 0) is 0 Å². The first-order chi connectivity index (χ1) is 16.9. The number of hydrogen-bond acceptors (Lipinski definition) is 5. The van der Waals surface area contributed by atoms with Crippen molar-refractivity contribution < 1.29 is 9.59 Å². The Balaban J connectivity index is 1.60. The van der Waals surface area contributed by atoms with Crippen molar-refractivity contribution >= 4 is 79.1 Å². The van der Waals surface area contributed by atoms with Crippen molar-refractivity contribution in [1.29, 1.82) is 0 Å². The number of thiocarbonyl (C=S) groups is 2. The van der Waals surface area contributed by atoms with E-state index >= 15 is 0 Å². The van der Waals surface area contributed by atoms with Crippen LogP contribution in [0.25, 0.3) is 21.5 Å². The number of benzene rings is 2. The van der Waals surface area contributed by atoms with Gasteiger partial charge in [0.1, 0.15) is 9.98 Å². The fourth-order valence-corrected chi connectivity index (χ4v) is 8.99. The van der Waals surface area contributed by atoms with Gasteiger partial charge < -0.3 is 0 Å². The number of rotatable bonds is 2. The molecule has 2 saturated carbocycles. The Kier molecular flexibility index (Phi) is 4.80. The summed E-state index contributed by atoms with van der Waals surface area (Å²) in [5.41, 5.74) is 3.25. The molecule has 2 amide bonds. The summed E-state index contributed by atoms with van der Waals surface area (Å²) in [6, 6.07) is 4.41. The highest BCUT2D eigenvalue weighted by Crippen LogP contribution is 2.48. The molecule has 4 aliphatic rings. The maximum atomic E-state index is 14.3. The Morgan fingerprint density at radius 1 is 0.686 bits per heavy atom. The molecule has 2 aromatic carbocycles. The zero-order valence-electron chi connectivity index (χ0n) is 19.9. The van der Waals surface area contributed by atoms with Crippen LogP contribution in [0.4, 0.5) is 0 Å². The van der Waals surface area contributed by atoms with Gasteiger partial charge in [-0.2, -0.15) is 0 Å². The number of hydrogen-bond donors (Lipinski definition) is 0. The Morgan fingerprint density at radius 3 is 1.43 bits per heavy atom. The van der Waals surface area contributed by atoms with Crippen molar-refractivity contribution in [1.82, 2.24) is 9.80 Å². The molecular weight excluding hydrogens is 493 g/mol. The standard InChI is InChI=1S/C28H26N2O2S3/c1-13-19-20(14(2)35-13)24-22-18(28(34)30(26(24)32)16-9-5-6-10-16)12-11-17-21(22)23(19)25(31)29(27(17)33)15-7-3-4-8-15/h11-12,15-16H,3-10H2,1-2H3. The monoisotopic (exact) mass is 518 g/mol. The smallest absolute Gasteiger partial charge is 0.260 e. The van der Waals surface area contributed by atoms with E-state index in [1.165, 1.54) is 0 Å². The molecule has 0 spiro atoms. The van der Waals surface area contributed by atoms with Gasteiger partial charge in [-0.25, -0.2) is 0 Å². The lowest BCUT2D eigenvalue weighted by Gasteiger charge is -2.38. The second-order valence-corrected chi connectivity index (χ2v) is 12.7. The van der Waals surface area contributed by atoms with Crippen LogP contribution in [0, 0.1) is 13.8 Å². The molecule has 2 aliphatic carbocycles. The van der Waals surface area contributed by atoms with Crippen molar-refractivity contribution in [3.63, 3.8) is 0 Å². The normalized spacial score (nSPS) is 21.0.